The minimum Gasteiger partial charge on any atom is -0.494 e. The summed E-state index contributed by atoms with van der Waals surface area (Å²) in [6.45, 7) is 2.66. The molecule has 0 radical (unpaired) electrons. The minimum atomic E-state index is -3.40. The first kappa shape index (κ1) is 26.6. The van der Waals surface area contributed by atoms with Gasteiger partial charge in [-0.25, -0.2) is 17.9 Å². The molecule has 2 N–H and O–H groups in total. The molecule has 0 aliphatic carbocycles. The number of nitrogens with zero attached hydrogens (tertiary/aromatic N) is 2. The molecule has 3 aromatic carbocycles. The Morgan fingerprint density at radius 2 is 1.69 bits per heavy atom. The molecule has 3 aromatic rings. The maximum atomic E-state index is 11.9. The summed E-state index contributed by atoms with van der Waals surface area (Å²) in [5.74, 6) is -1.05. The van der Waals surface area contributed by atoms with E-state index in [4.69, 9.17) is 14.2 Å². The van der Waals surface area contributed by atoms with E-state index in [1.165, 1.54) is 27.0 Å². The molecule has 0 spiro atoms. The fourth-order valence-electron chi connectivity index (χ4n) is 3.21. The molecule has 1 atom stereocenters. The first-order valence-electron chi connectivity index (χ1n) is 10.7. The van der Waals surface area contributed by atoms with Crippen LogP contribution in [-0.4, -0.2) is 44.9 Å². The Morgan fingerprint density at radius 1 is 1.03 bits per heavy atom. The molecule has 3 rings (SSSR count). The molecular formula is C24H25N3O8S. The van der Waals surface area contributed by atoms with E-state index < -0.39 is 28.1 Å². The minimum absolute atomic E-state index is 0.0328. The lowest BCUT2D eigenvalue weighted by atomic mass is 10.1. The molecular weight excluding hydrogens is 490 g/mol. The molecule has 0 aliphatic rings. The van der Waals surface area contributed by atoms with Crippen molar-refractivity contribution < 1.29 is 37.3 Å². The van der Waals surface area contributed by atoms with E-state index in [0.717, 1.165) is 6.26 Å². The summed E-state index contributed by atoms with van der Waals surface area (Å²) in [6.07, 6.45) is -0.102. The number of nitrogens with one attached hydrogen (secondary N) is 1. The normalized spacial score (nSPS) is 12.4. The van der Waals surface area contributed by atoms with Gasteiger partial charge in [-0.05, 0) is 24.6 Å². The van der Waals surface area contributed by atoms with Gasteiger partial charge in [0.05, 0.1) is 13.4 Å². The summed E-state index contributed by atoms with van der Waals surface area (Å²) in [6, 6.07) is 13.2. The summed E-state index contributed by atoms with van der Waals surface area (Å²) in [4.78, 5) is 23.2. The van der Waals surface area contributed by atoms with Crippen molar-refractivity contribution in [3.05, 3.63) is 54.1 Å². The molecule has 0 amide bonds. The summed E-state index contributed by atoms with van der Waals surface area (Å²) in [5.41, 5.74) is 1.00. The molecule has 0 aliphatic heterocycles. The molecule has 0 aromatic heterocycles. The molecule has 190 valence electrons. The Morgan fingerprint density at radius 3 is 2.31 bits per heavy atom. The third kappa shape index (κ3) is 6.77. The molecule has 0 fully saturated rings. The number of rotatable bonds is 10. The van der Waals surface area contributed by atoms with E-state index in [2.05, 4.69) is 15.0 Å². The number of benzene rings is 3. The van der Waals surface area contributed by atoms with Crippen LogP contribution in [0.3, 0.4) is 0 Å². The zero-order chi connectivity index (χ0) is 26.5. The van der Waals surface area contributed by atoms with Gasteiger partial charge in [-0.3, -0.25) is 4.79 Å². The highest BCUT2D eigenvalue weighted by Crippen LogP contribution is 2.43. The zero-order valence-electron chi connectivity index (χ0n) is 20.0. The fourth-order valence-corrected chi connectivity index (χ4v) is 3.64. The van der Waals surface area contributed by atoms with Crippen LogP contribution in [-0.2, 0) is 26.2 Å². The van der Waals surface area contributed by atoms with Gasteiger partial charge in [-0.1, -0.05) is 30.3 Å². The van der Waals surface area contributed by atoms with Crippen LogP contribution in [0.5, 0.6) is 17.2 Å². The molecule has 12 heteroatoms. The van der Waals surface area contributed by atoms with E-state index in [-0.39, 0.29) is 29.4 Å². The number of carboxylic acid groups (broad SMARTS) is 1. The van der Waals surface area contributed by atoms with Gasteiger partial charge in [0.25, 0.3) is 0 Å². The van der Waals surface area contributed by atoms with Crippen LogP contribution in [0.4, 0.5) is 11.4 Å². The number of carboxylic acids is 1. The number of carbonyl (C=O) groups excluding carboxylic acids is 1. The van der Waals surface area contributed by atoms with Gasteiger partial charge in [0.1, 0.15) is 22.9 Å². The third-order valence-corrected chi connectivity index (χ3v) is 5.55. The third-order valence-electron chi connectivity index (χ3n) is 4.88. The van der Waals surface area contributed by atoms with Crippen molar-refractivity contribution in [2.75, 3.05) is 13.4 Å². The highest BCUT2D eigenvalue weighted by atomic mass is 32.2. The number of esters is 1. The van der Waals surface area contributed by atoms with E-state index >= 15 is 0 Å². The van der Waals surface area contributed by atoms with Gasteiger partial charge in [0, 0.05) is 30.3 Å². The standard InChI is InChI=1S/C24H25N3O8S/c1-14(24(29)30)34-22-12-20(23(35-15(2)28)18-8-6-5-7-17(18)22)27-26-19-11-16(9-10-21(19)33-3)13-25-36(4,31)32/h5-12,14,25H,13H2,1-4H3,(H,29,30)/b27-26+. The van der Waals surface area contributed by atoms with E-state index in [1.807, 2.05) is 0 Å². The van der Waals surface area contributed by atoms with E-state index in [1.54, 1.807) is 42.5 Å². The smallest absolute Gasteiger partial charge is 0.344 e. The quantitative estimate of drug-likeness (QED) is 0.233. The van der Waals surface area contributed by atoms with Gasteiger partial charge in [-0.15, -0.1) is 10.2 Å². The molecule has 0 bridgehead atoms. The number of carbonyl (C=O) groups is 2. The van der Waals surface area contributed by atoms with E-state index in [9.17, 15) is 23.1 Å². The number of fused-ring (bicyclic) bond motifs is 1. The number of hydrogen-bond donors (Lipinski definition) is 2. The zero-order valence-corrected chi connectivity index (χ0v) is 20.8. The molecule has 0 heterocycles. The average Bonchev–Trinajstić information content (AvgIpc) is 2.82. The molecule has 0 saturated heterocycles. The predicted octanol–water partition coefficient (Wildman–Crippen LogP) is 4.09. The Balaban J connectivity index is 2.13. The monoisotopic (exact) mass is 515 g/mol. The van der Waals surface area contributed by atoms with Crippen LogP contribution < -0.4 is 18.9 Å². The van der Waals surface area contributed by atoms with Gasteiger partial charge >= 0.3 is 11.9 Å². The van der Waals surface area contributed by atoms with Crippen molar-refractivity contribution in [3.8, 4) is 17.2 Å². The number of methoxy groups -OCH3 is 1. The van der Waals surface area contributed by atoms with Gasteiger partial charge in [0.2, 0.25) is 10.0 Å². The first-order valence-corrected chi connectivity index (χ1v) is 12.5. The summed E-state index contributed by atoms with van der Waals surface area (Å²) in [5, 5.41) is 18.8. The van der Waals surface area contributed by atoms with Crippen molar-refractivity contribution in [2.45, 2.75) is 26.5 Å². The van der Waals surface area contributed by atoms with Crippen molar-refractivity contribution >= 4 is 44.1 Å². The number of azo groups is 1. The number of ether oxygens (including phenoxy) is 3. The van der Waals surface area contributed by atoms with Gasteiger partial charge < -0.3 is 19.3 Å². The van der Waals surface area contributed by atoms with Crippen LogP contribution in [0.2, 0.25) is 0 Å². The largest absolute Gasteiger partial charge is 0.494 e. The average molecular weight is 516 g/mol. The summed E-state index contributed by atoms with van der Waals surface area (Å²) < 4.78 is 41.7. The fraction of sp³-hybridized carbons (Fsp3) is 0.250. The number of aliphatic carboxylic acids is 1. The number of hydrogen-bond acceptors (Lipinski definition) is 9. The number of sulfonamides is 1. The second-order valence-electron chi connectivity index (χ2n) is 7.76. The highest BCUT2D eigenvalue weighted by molar-refractivity contribution is 7.88. The lowest BCUT2D eigenvalue weighted by Gasteiger charge is -2.16. The topological polar surface area (TPSA) is 153 Å². The Hall–Kier alpha value is -4.03. The Labute approximate surface area is 207 Å². The second kappa shape index (κ2) is 11.1. The van der Waals surface area contributed by atoms with Crippen molar-refractivity contribution in [3.63, 3.8) is 0 Å². The van der Waals surface area contributed by atoms with Gasteiger partial charge in [-0.2, -0.15) is 0 Å². The summed E-state index contributed by atoms with van der Waals surface area (Å²) >= 11 is 0. The van der Waals surface area contributed by atoms with Crippen LogP contribution in [0, 0.1) is 0 Å². The lowest BCUT2D eigenvalue weighted by molar-refractivity contribution is -0.144. The maximum Gasteiger partial charge on any atom is 0.344 e. The maximum absolute atomic E-state index is 11.9. The van der Waals surface area contributed by atoms with Gasteiger partial charge in [0.15, 0.2) is 11.9 Å². The SMILES string of the molecule is COc1ccc(CNS(C)(=O)=O)cc1/N=N/c1cc(OC(C)C(=O)O)c2ccccc2c1OC(C)=O. The summed E-state index contributed by atoms with van der Waals surface area (Å²) in [7, 11) is -1.96. The van der Waals surface area contributed by atoms with Crippen molar-refractivity contribution in [2.24, 2.45) is 10.2 Å². The van der Waals surface area contributed by atoms with Crippen LogP contribution in [0.15, 0.2) is 58.8 Å². The van der Waals surface area contributed by atoms with E-state index in [0.29, 0.717) is 22.1 Å². The highest BCUT2D eigenvalue weighted by Gasteiger charge is 2.20. The molecule has 11 nitrogen and oxygen atoms in total. The predicted molar refractivity (Wildman–Crippen MR) is 132 cm³/mol. The Bertz CT molecular complexity index is 1440. The van der Waals surface area contributed by atoms with Crippen molar-refractivity contribution in [1.29, 1.82) is 0 Å². The van der Waals surface area contributed by atoms with Crippen LogP contribution in [0.1, 0.15) is 19.4 Å². The first-order chi connectivity index (χ1) is 17.0. The van der Waals surface area contributed by atoms with Crippen LogP contribution >= 0.6 is 0 Å². The molecule has 0 saturated carbocycles. The van der Waals surface area contributed by atoms with Crippen LogP contribution in [0.25, 0.3) is 10.8 Å². The Kier molecular flexibility index (Phi) is 8.22. The molecule has 36 heavy (non-hydrogen) atoms. The van der Waals surface area contributed by atoms with Crippen molar-refractivity contribution in [1.82, 2.24) is 4.72 Å². The lowest BCUT2D eigenvalue weighted by Crippen LogP contribution is -2.23. The molecule has 1 unspecified atom stereocenters. The second-order valence-corrected chi connectivity index (χ2v) is 9.59.